The van der Waals surface area contributed by atoms with Crippen molar-refractivity contribution in [1.29, 1.82) is 0 Å². The first-order valence-corrected chi connectivity index (χ1v) is 5.32. The normalized spacial score (nSPS) is 29.6. The van der Waals surface area contributed by atoms with E-state index in [1.165, 1.54) is 0 Å². The van der Waals surface area contributed by atoms with Crippen LogP contribution >= 0.6 is 0 Å². The van der Waals surface area contributed by atoms with Gasteiger partial charge in [-0.25, -0.2) is 0 Å². The van der Waals surface area contributed by atoms with Crippen molar-refractivity contribution in [2.24, 2.45) is 11.7 Å². The minimum atomic E-state index is -0.170. The Morgan fingerprint density at radius 2 is 2.21 bits per heavy atom. The van der Waals surface area contributed by atoms with Crippen LogP contribution in [0, 0.1) is 5.92 Å². The minimum Gasteiger partial charge on any atom is -0.394 e. The van der Waals surface area contributed by atoms with Crippen LogP contribution in [0.25, 0.3) is 0 Å². The molecule has 0 aliphatic heterocycles. The molecule has 1 aliphatic rings. The molecule has 1 rings (SSSR count). The van der Waals surface area contributed by atoms with Gasteiger partial charge in [0.05, 0.1) is 12.5 Å². The van der Waals surface area contributed by atoms with E-state index in [2.05, 4.69) is 5.32 Å². The number of amides is 1. The van der Waals surface area contributed by atoms with Crippen molar-refractivity contribution < 1.29 is 9.90 Å². The monoisotopic (exact) mass is 200 g/mol. The Hall–Kier alpha value is -0.610. The summed E-state index contributed by atoms with van der Waals surface area (Å²) in [6.07, 6.45) is 4.02. The average Bonchev–Trinajstić information content (AvgIpc) is 2.18. The Morgan fingerprint density at radius 3 is 2.79 bits per heavy atom. The third-order valence-corrected chi connectivity index (χ3v) is 2.82. The second-order valence-electron chi connectivity index (χ2n) is 4.15. The van der Waals surface area contributed by atoms with Crippen LogP contribution in [0.15, 0.2) is 0 Å². The predicted octanol–water partition coefficient (Wildman–Crippen LogP) is 0.000900. The van der Waals surface area contributed by atoms with Crippen LogP contribution in [0.1, 0.15) is 32.6 Å². The molecule has 4 N–H and O–H groups in total. The van der Waals surface area contributed by atoms with E-state index in [1.54, 1.807) is 6.92 Å². The van der Waals surface area contributed by atoms with Crippen molar-refractivity contribution >= 4 is 5.91 Å². The molecule has 1 fully saturated rings. The van der Waals surface area contributed by atoms with Gasteiger partial charge in [-0.1, -0.05) is 12.8 Å². The number of hydrogen-bond acceptors (Lipinski definition) is 3. The highest BCUT2D eigenvalue weighted by Gasteiger charge is 2.28. The van der Waals surface area contributed by atoms with Gasteiger partial charge in [-0.15, -0.1) is 0 Å². The minimum absolute atomic E-state index is 0.00116. The molecule has 1 amide bonds. The van der Waals surface area contributed by atoms with Crippen LogP contribution in [0.2, 0.25) is 0 Å². The van der Waals surface area contributed by atoms with Crippen LogP contribution in [0.3, 0.4) is 0 Å². The molecule has 0 spiro atoms. The lowest BCUT2D eigenvalue weighted by molar-refractivity contribution is -0.127. The van der Waals surface area contributed by atoms with Gasteiger partial charge >= 0.3 is 0 Å². The zero-order valence-electron chi connectivity index (χ0n) is 8.70. The molecule has 0 aromatic heterocycles. The Morgan fingerprint density at radius 1 is 1.57 bits per heavy atom. The second-order valence-corrected chi connectivity index (χ2v) is 4.15. The molecule has 0 aromatic rings. The summed E-state index contributed by atoms with van der Waals surface area (Å²) in [5.41, 5.74) is 5.87. The Balaban J connectivity index is 2.42. The first-order chi connectivity index (χ1) is 6.65. The first kappa shape index (κ1) is 11.5. The predicted molar refractivity (Wildman–Crippen MR) is 54.6 cm³/mol. The molecule has 82 valence electrons. The zero-order valence-corrected chi connectivity index (χ0v) is 8.70. The van der Waals surface area contributed by atoms with Gasteiger partial charge in [0.15, 0.2) is 0 Å². The molecular formula is C10H20N2O2. The Labute approximate surface area is 84.9 Å². The molecule has 1 saturated carbocycles. The molecule has 0 saturated heterocycles. The summed E-state index contributed by atoms with van der Waals surface area (Å²) in [5.74, 6) is -0.0588. The molecule has 14 heavy (non-hydrogen) atoms. The summed E-state index contributed by atoms with van der Waals surface area (Å²) in [4.78, 5) is 11.7. The highest BCUT2D eigenvalue weighted by atomic mass is 16.3. The molecule has 4 nitrogen and oxygen atoms in total. The van der Waals surface area contributed by atoms with E-state index in [0.717, 1.165) is 25.7 Å². The van der Waals surface area contributed by atoms with Gasteiger partial charge in [0.2, 0.25) is 5.91 Å². The van der Waals surface area contributed by atoms with E-state index in [1.807, 2.05) is 0 Å². The van der Waals surface area contributed by atoms with Crippen LogP contribution in [-0.4, -0.2) is 29.7 Å². The number of rotatable bonds is 3. The Kier molecular flexibility index (Phi) is 4.35. The quantitative estimate of drug-likeness (QED) is 0.600. The average molecular weight is 200 g/mol. The molecular weight excluding hydrogens is 180 g/mol. The van der Waals surface area contributed by atoms with Gasteiger partial charge in [-0.2, -0.15) is 0 Å². The fourth-order valence-corrected chi connectivity index (χ4v) is 1.88. The number of aliphatic hydroxyl groups is 1. The largest absolute Gasteiger partial charge is 0.394 e. The summed E-state index contributed by atoms with van der Waals surface area (Å²) in [5, 5.41) is 11.6. The molecule has 2 unspecified atom stereocenters. The third kappa shape index (κ3) is 2.96. The van der Waals surface area contributed by atoms with E-state index >= 15 is 0 Å². The molecule has 0 bridgehead atoms. The lowest BCUT2D eigenvalue weighted by Crippen LogP contribution is -2.47. The number of carbonyl (C=O) groups excluding carboxylic acids is 1. The SMILES string of the molecule is C[C@H](CO)NC(=O)C1CCCCC1N. The molecule has 1 aliphatic carbocycles. The van der Waals surface area contributed by atoms with Crippen molar-refractivity contribution in [3.8, 4) is 0 Å². The Bertz CT molecular complexity index is 197. The maximum atomic E-state index is 11.7. The zero-order chi connectivity index (χ0) is 10.6. The summed E-state index contributed by atoms with van der Waals surface area (Å²) in [6, 6.07) is -0.175. The van der Waals surface area contributed by atoms with Gasteiger partial charge in [-0.3, -0.25) is 4.79 Å². The first-order valence-electron chi connectivity index (χ1n) is 5.32. The van der Waals surface area contributed by atoms with Gasteiger partial charge in [0.1, 0.15) is 0 Å². The summed E-state index contributed by atoms with van der Waals surface area (Å²) < 4.78 is 0. The highest BCUT2D eigenvalue weighted by molar-refractivity contribution is 5.79. The molecule has 3 atom stereocenters. The van der Waals surface area contributed by atoms with Crippen LogP contribution in [0.5, 0.6) is 0 Å². The molecule has 0 aromatic carbocycles. The summed E-state index contributed by atoms with van der Waals surface area (Å²) >= 11 is 0. The lowest BCUT2D eigenvalue weighted by atomic mass is 9.84. The van der Waals surface area contributed by atoms with Gasteiger partial charge in [0, 0.05) is 12.1 Å². The lowest BCUT2D eigenvalue weighted by Gasteiger charge is -2.28. The van der Waals surface area contributed by atoms with E-state index in [-0.39, 0.29) is 30.5 Å². The summed E-state index contributed by atoms with van der Waals surface area (Å²) in [7, 11) is 0. The van der Waals surface area contributed by atoms with Crippen LogP contribution in [0.4, 0.5) is 0 Å². The number of carbonyl (C=O) groups is 1. The topological polar surface area (TPSA) is 75.3 Å². The number of hydrogen-bond donors (Lipinski definition) is 3. The number of nitrogens with one attached hydrogen (secondary N) is 1. The van der Waals surface area contributed by atoms with Crippen molar-refractivity contribution in [2.75, 3.05) is 6.61 Å². The number of nitrogens with two attached hydrogens (primary N) is 1. The second kappa shape index (κ2) is 5.32. The van der Waals surface area contributed by atoms with Crippen molar-refractivity contribution in [3.63, 3.8) is 0 Å². The van der Waals surface area contributed by atoms with Crippen LogP contribution < -0.4 is 11.1 Å². The number of aliphatic hydroxyl groups excluding tert-OH is 1. The van der Waals surface area contributed by atoms with Crippen molar-refractivity contribution in [3.05, 3.63) is 0 Å². The van der Waals surface area contributed by atoms with Gasteiger partial charge in [-0.05, 0) is 19.8 Å². The van der Waals surface area contributed by atoms with E-state index in [0.29, 0.717) is 0 Å². The van der Waals surface area contributed by atoms with Crippen molar-refractivity contribution in [1.82, 2.24) is 5.32 Å². The van der Waals surface area contributed by atoms with E-state index in [4.69, 9.17) is 10.8 Å². The standard InChI is InChI=1S/C10H20N2O2/c1-7(6-13)12-10(14)8-4-2-3-5-9(8)11/h7-9,13H,2-6,11H2,1H3,(H,12,14)/t7-,8?,9?/m1/s1. The molecule has 4 heteroatoms. The maximum Gasteiger partial charge on any atom is 0.224 e. The molecule has 0 heterocycles. The summed E-state index contributed by atoms with van der Waals surface area (Å²) in [6.45, 7) is 1.76. The van der Waals surface area contributed by atoms with E-state index in [9.17, 15) is 4.79 Å². The van der Waals surface area contributed by atoms with E-state index < -0.39 is 0 Å². The van der Waals surface area contributed by atoms with Gasteiger partial charge < -0.3 is 16.2 Å². The third-order valence-electron chi connectivity index (χ3n) is 2.82. The maximum absolute atomic E-state index is 11.7. The van der Waals surface area contributed by atoms with Gasteiger partial charge in [0.25, 0.3) is 0 Å². The smallest absolute Gasteiger partial charge is 0.224 e. The highest BCUT2D eigenvalue weighted by Crippen LogP contribution is 2.22. The fraction of sp³-hybridized carbons (Fsp3) is 0.900. The fourth-order valence-electron chi connectivity index (χ4n) is 1.88. The van der Waals surface area contributed by atoms with Crippen LogP contribution in [-0.2, 0) is 4.79 Å². The van der Waals surface area contributed by atoms with Crippen molar-refractivity contribution in [2.45, 2.75) is 44.7 Å². The molecule has 0 radical (unpaired) electrons.